The van der Waals surface area contributed by atoms with E-state index in [1.807, 2.05) is 18.2 Å². The van der Waals surface area contributed by atoms with Gasteiger partial charge in [0.05, 0.1) is 5.71 Å². The highest BCUT2D eigenvalue weighted by Crippen LogP contribution is 2.32. The van der Waals surface area contributed by atoms with E-state index in [4.69, 9.17) is 14.3 Å². The molecule has 7 heteroatoms. The van der Waals surface area contributed by atoms with E-state index in [0.717, 1.165) is 5.56 Å². The molecule has 0 radical (unpaired) electrons. The number of hydrogen-bond donors (Lipinski definition) is 1. The number of ether oxygens (including phenoxy) is 2. The highest BCUT2D eigenvalue weighted by molar-refractivity contribution is 5.99. The molecule has 0 bridgehead atoms. The molecule has 1 amide bonds. The Morgan fingerprint density at radius 3 is 2.90 bits per heavy atom. The Hall–Kier alpha value is -2.28. The van der Waals surface area contributed by atoms with Crippen LogP contribution in [0.1, 0.15) is 12.5 Å². The van der Waals surface area contributed by atoms with E-state index < -0.39 is 0 Å². The SMILES string of the molecule is C/C(=N/OCC(=O)NN(C)C)c1ccc2c(c1)OCO2. The zero-order chi connectivity index (χ0) is 14.5. The first kappa shape index (κ1) is 14.1. The average Bonchev–Trinajstić information content (AvgIpc) is 2.84. The van der Waals surface area contributed by atoms with Gasteiger partial charge in [0.15, 0.2) is 18.1 Å². The van der Waals surface area contributed by atoms with Gasteiger partial charge in [0.1, 0.15) is 0 Å². The molecule has 0 saturated heterocycles. The summed E-state index contributed by atoms with van der Waals surface area (Å²) in [5, 5.41) is 5.45. The topological polar surface area (TPSA) is 72.4 Å². The van der Waals surface area contributed by atoms with Gasteiger partial charge in [-0.05, 0) is 25.1 Å². The van der Waals surface area contributed by atoms with Crippen molar-refractivity contribution in [3.63, 3.8) is 0 Å². The van der Waals surface area contributed by atoms with Crippen molar-refractivity contribution in [3.05, 3.63) is 23.8 Å². The van der Waals surface area contributed by atoms with Crippen LogP contribution in [0.5, 0.6) is 11.5 Å². The third kappa shape index (κ3) is 3.61. The third-order valence-corrected chi connectivity index (χ3v) is 2.54. The standard InChI is InChI=1S/C13H17N3O4/c1-9(15-20-7-13(17)14-16(2)3)10-4-5-11-12(6-10)19-8-18-11/h4-6H,7-8H2,1-3H3,(H,14,17)/b15-9-. The van der Waals surface area contributed by atoms with Gasteiger partial charge in [-0.15, -0.1) is 0 Å². The minimum Gasteiger partial charge on any atom is -0.454 e. The van der Waals surface area contributed by atoms with E-state index in [1.54, 1.807) is 26.0 Å². The molecule has 0 unspecified atom stereocenters. The van der Waals surface area contributed by atoms with Crippen LogP contribution in [0.2, 0.25) is 0 Å². The normalized spacial score (nSPS) is 13.5. The fourth-order valence-electron chi connectivity index (χ4n) is 1.64. The summed E-state index contributed by atoms with van der Waals surface area (Å²) in [6.45, 7) is 1.89. The quantitative estimate of drug-likeness (QED) is 0.636. The van der Waals surface area contributed by atoms with Crippen LogP contribution in [0.15, 0.2) is 23.4 Å². The number of hydrazine groups is 1. The summed E-state index contributed by atoms with van der Waals surface area (Å²) in [7, 11) is 3.44. The van der Waals surface area contributed by atoms with Crippen molar-refractivity contribution in [3.8, 4) is 11.5 Å². The first-order valence-corrected chi connectivity index (χ1v) is 6.09. The largest absolute Gasteiger partial charge is 0.454 e. The second-order valence-corrected chi connectivity index (χ2v) is 4.45. The van der Waals surface area contributed by atoms with Crippen LogP contribution in [0.3, 0.4) is 0 Å². The summed E-state index contributed by atoms with van der Waals surface area (Å²) in [4.78, 5) is 16.4. The van der Waals surface area contributed by atoms with Gasteiger partial charge in [-0.1, -0.05) is 5.16 Å². The minimum absolute atomic E-state index is 0.139. The Bertz CT molecular complexity index is 528. The predicted molar refractivity (Wildman–Crippen MR) is 72.6 cm³/mol. The van der Waals surface area contributed by atoms with Crippen LogP contribution in [0.4, 0.5) is 0 Å². The lowest BCUT2D eigenvalue weighted by Crippen LogP contribution is -2.38. The number of nitrogens with one attached hydrogen (secondary N) is 1. The van der Waals surface area contributed by atoms with Gasteiger partial charge in [-0.3, -0.25) is 10.2 Å². The highest BCUT2D eigenvalue weighted by atomic mass is 16.7. The van der Waals surface area contributed by atoms with Crippen molar-refractivity contribution in [1.82, 2.24) is 10.4 Å². The van der Waals surface area contributed by atoms with Crippen molar-refractivity contribution in [2.24, 2.45) is 5.16 Å². The molecule has 0 aromatic heterocycles. The number of fused-ring (bicyclic) bond motifs is 1. The van der Waals surface area contributed by atoms with E-state index in [1.165, 1.54) is 0 Å². The van der Waals surface area contributed by atoms with E-state index in [9.17, 15) is 4.79 Å². The molecule has 0 atom stereocenters. The molecule has 1 heterocycles. The maximum atomic E-state index is 11.3. The maximum Gasteiger partial charge on any atom is 0.275 e. The van der Waals surface area contributed by atoms with Crippen molar-refractivity contribution in [2.75, 3.05) is 27.5 Å². The summed E-state index contributed by atoms with van der Waals surface area (Å²) < 4.78 is 10.5. The molecule has 1 aliphatic heterocycles. The van der Waals surface area contributed by atoms with E-state index in [2.05, 4.69) is 10.6 Å². The van der Waals surface area contributed by atoms with Crippen molar-refractivity contribution in [1.29, 1.82) is 0 Å². The molecule has 0 fully saturated rings. The summed E-state index contributed by atoms with van der Waals surface area (Å²) in [6.07, 6.45) is 0. The molecule has 1 aromatic rings. The Morgan fingerprint density at radius 2 is 2.15 bits per heavy atom. The minimum atomic E-state index is -0.266. The van der Waals surface area contributed by atoms with Gasteiger partial charge in [0, 0.05) is 19.7 Å². The van der Waals surface area contributed by atoms with Crippen LogP contribution < -0.4 is 14.9 Å². The van der Waals surface area contributed by atoms with Crippen molar-refractivity contribution < 1.29 is 19.1 Å². The number of rotatable bonds is 5. The molecule has 2 rings (SSSR count). The number of hydrogen-bond acceptors (Lipinski definition) is 6. The molecule has 1 aromatic carbocycles. The van der Waals surface area contributed by atoms with E-state index in [0.29, 0.717) is 17.2 Å². The summed E-state index contributed by atoms with van der Waals surface area (Å²) in [6, 6.07) is 5.50. The van der Waals surface area contributed by atoms with Gasteiger partial charge < -0.3 is 14.3 Å². The molecular weight excluding hydrogens is 262 g/mol. The second-order valence-electron chi connectivity index (χ2n) is 4.45. The maximum absolute atomic E-state index is 11.3. The van der Waals surface area contributed by atoms with Crippen LogP contribution in [-0.2, 0) is 9.63 Å². The number of amides is 1. The Kier molecular flexibility index (Phi) is 4.41. The predicted octanol–water partition coefficient (Wildman–Crippen LogP) is 0.749. The Balaban J connectivity index is 1.92. The van der Waals surface area contributed by atoms with Crippen molar-refractivity contribution in [2.45, 2.75) is 6.92 Å². The smallest absolute Gasteiger partial charge is 0.275 e. The monoisotopic (exact) mass is 279 g/mol. The van der Waals surface area contributed by atoms with Crippen molar-refractivity contribution >= 4 is 11.6 Å². The van der Waals surface area contributed by atoms with Crippen LogP contribution in [0, 0.1) is 0 Å². The molecule has 108 valence electrons. The molecular formula is C13H17N3O4. The van der Waals surface area contributed by atoms with Gasteiger partial charge >= 0.3 is 0 Å². The lowest BCUT2D eigenvalue weighted by Gasteiger charge is -2.10. The first-order valence-electron chi connectivity index (χ1n) is 6.09. The summed E-state index contributed by atoms with van der Waals surface area (Å²) in [5.74, 6) is 1.13. The van der Waals surface area contributed by atoms with Crippen LogP contribution >= 0.6 is 0 Å². The molecule has 20 heavy (non-hydrogen) atoms. The van der Waals surface area contributed by atoms with Gasteiger partial charge in [-0.2, -0.15) is 0 Å². The van der Waals surface area contributed by atoms with E-state index in [-0.39, 0.29) is 19.3 Å². The number of benzene rings is 1. The third-order valence-electron chi connectivity index (χ3n) is 2.54. The van der Waals surface area contributed by atoms with Gasteiger partial charge in [0.25, 0.3) is 5.91 Å². The van der Waals surface area contributed by atoms with Gasteiger partial charge in [-0.25, -0.2) is 5.01 Å². The molecule has 0 aliphatic carbocycles. The second kappa shape index (κ2) is 6.25. The average molecular weight is 279 g/mol. The zero-order valence-corrected chi connectivity index (χ0v) is 11.7. The lowest BCUT2D eigenvalue weighted by atomic mass is 10.1. The zero-order valence-electron chi connectivity index (χ0n) is 11.7. The lowest BCUT2D eigenvalue weighted by molar-refractivity contribution is -0.129. The van der Waals surface area contributed by atoms with Crippen LogP contribution in [-0.4, -0.2) is 44.1 Å². The van der Waals surface area contributed by atoms with E-state index >= 15 is 0 Å². The highest BCUT2D eigenvalue weighted by Gasteiger charge is 2.14. The van der Waals surface area contributed by atoms with Crippen LogP contribution in [0.25, 0.3) is 0 Å². The number of nitrogens with zero attached hydrogens (tertiary/aromatic N) is 2. The molecule has 0 saturated carbocycles. The number of carbonyl (C=O) groups is 1. The fraction of sp³-hybridized carbons (Fsp3) is 0.385. The Labute approximate surface area is 117 Å². The summed E-state index contributed by atoms with van der Waals surface area (Å²) >= 11 is 0. The molecule has 0 spiro atoms. The molecule has 7 nitrogen and oxygen atoms in total. The number of oxime groups is 1. The number of carbonyl (C=O) groups excluding carboxylic acids is 1. The van der Waals surface area contributed by atoms with Gasteiger partial charge in [0.2, 0.25) is 6.79 Å². The fourth-order valence-corrected chi connectivity index (χ4v) is 1.64. The molecule has 1 N–H and O–H groups in total. The first-order chi connectivity index (χ1) is 9.56. The summed E-state index contributed by atoms with van der Waals surface area (Å²) in [5.41, 5.74) is 4.06. The molecule has 1 aliphatic rings. The Morgan fingerprint density at radius 1 is 1.40 bits per heavy atom.